The summed E-state index contributed by atoms with van der Waals surface area (Å²) in [5.41, 5.74) is 5.24. The van der Waals surface area contributed by atoms with Gasteiger partial charge in [0.05, 0.1) is 0 Å². The number of carbonyl (C=O) groups is 2. The Bertz CT molecular complexity index is 187. The van der Waals surface area contributed by atoms with Gasteiger partial charge in [-0.15, -0.1) is 11.8 Å². The highest BCUT2D eigenvalue weighted by Gasteiger charge is 2.17. The Kier molecular flexibility index (Phi) is 6.34. The first-order valence-electron chi connectivity index (χ1n) is 3.89. The van der Waals surface area contributed by atoms with Gasteiger partial charge in [-0.25, -0.2) is 4.79 Å². The number of rotatable bonds is 6. The first-order valence-corrected chi connectivity index (χ1v) is 4.94. The highest BCUT2D eigenvalue weighted by atomic mass is 32.2. The highest BCUT2D eigenvalue weighted by molar-refractivity contribution is 8.00. The zero-order valence-electron chi connectivity index (χ0n) is 7.45. The third kappa shape index (κ3) is 6.41. The molecule has 4 N–H and O–H groups in total. The summed E-state index contributed by atoms with van der Waals surface area (Å²) in [7, 11) is 0. The average molecular weight is 206 g/mol. The number of nitrogens with two attached hydrogens (primary N) is 1. The van der Waals surface area contributed by atoms with E-state index in [0.717, 1.165) is 6.42 Å². The standard InChI is InChI=1S/C7H14N2O3S/c1-5(10)9-6(7(11)12)13-4-2-3-8/h6H,2-4,8H2,1H3,(H,9,10)(H,11,12)/t6-/m0/s1. The molecule has 0 saturated carbocycles. The summed E-state index contributed by atoms with van der Waals surface area (Å²) in [4.78, 5) is 21.1. The minimum Gasteiger partial charge on any atom is -0.479 e. The number of carboxylic acids is 1. The maximum Gasteiger partial charge on any atom is 0.336 e. The molecule has 13 heavy (non-hydrogen) atoms. The second-order valence-corrected chi connectivity index (χ2v) is 3.64. The zero-order valence-corrected chi connectivity index (χ0v) is 8.26. The van der Waals surface area contributed by atoms with E-state index >= 15 is 0 Å². The Morgan fingerprint density at radius 2 is 2.23 bits per heavy atom. The molecule has 5 nitrogen and oxygen atoms in total. The number of amides is 1. The van der Waals surface area contributed by atoms with Crippen molar-refractivity contribution in [1.82, 2.24) is 5.32 Å². The van der Waals surface area contributed by atoms with E-state index in [1.54, 1.807) is 0 Å². The maximum absolute atomic E-state index is 10.6. The molecular weight excluding hydrogens is 192 g/mol. The minimum absolute atomic E-state index is 0.340. The van der Waals surface area contributed by atoms with Crippen LogP contribution in [0.1, 0.15) is 13.3 Å². The molecule has 6 heteroatoms. The van der Waals surface area contributed by atoms with Crippen LogP contribution in [0.5, 0.6) is 0 Å². The van der Waals surface area contributed by atoms with Crippen LogP contribution >= 0.6 is 11.8 Å². The molecule has 0 aromatic heterocycles. The van der Waals surface area contributed by atoms with E-state index in [1.807, 2.05) is 0 Å². The number of hydrogen-bond donors (Lipinski definition) is 3. The van der Waals surface area contributed by atoms with Gasteiger partial charge in [0.15, 0.2) is 5.37 Å². The van der Waals surface area contributed by atoms with Gasteiger partial charge in [0, 0.05) is 6.92 Å². The molecule has 0 aliphatic carbocycles. The fourth-order valence-corrected chi connectivity index (χ4v) is 1.60. The van der Waals surface area contributed by atoms with Gasteiger partial charge in [-0.3, -0.25) is 4.79 Å². The topological polar surface area (TPSA) is 92.4 Å². The molecule has 0 aliphatic heterocycles. The van der Waals surface area contributed by atoms with Crippen LogP contribution in [-0.2, 0) is 9.59 Å². The number of thioether (sulfide) groups is 1. The molecule has 0 saturated heterocycles. The second kappa shape index (κ2) is 6.73. The number of nitrogens with one attached hydrogen (secondary N) is 1. The molecule has 0 heterocycles. The molecule has 76 valence electrons. The van der Waals surface area contributed by atoms with Crippen molar-refractivity contribution in [1.29, 1.82) is 0 Å². The molecule has 0 aromatic carbocycles. The first-order chi connectivity index (χ1) is 6.07. The normalized spacial score (nSPS) is 12.2. The number of aliphatic carboxylic acids is 1. The summed E-state index contributed by atoms with van der Waals surface area (Å²) in [6, 6.07) is 0. The van der Waals surface area contributed by atoms with Gasteiger partial charge >= 0.3 is 5.97 Å². The van der Waals surface area contributed by atoms with Crippen LogP contribution in [0.2, 0.25) is 0 Å². The second-order valence-electron chi connectivity index (χ2n) is 2.43. The molecule has 0 bridgehead atoms. The van der Waals surface area contributed by atoms with Gasteiger partial charge in [-0.1, -0.05) is 0 Å². The summed E-state index contributed by atoms with van der Waals surface area (Å²) < 4.78 is 0. The molecule has 0 rings (SSSR count). The van der Waals surface area contributed by atoms with Crippen LogP contribution in [-0.4, -0.2) is 34.7 Å². The van der Waals surface area contributed by atoms with Crippen molar-refractivity contribution < 1.29 is 14.7 Å². The van der Waals surface area contributed by atoms with Gasteiger partial charge in [-0.05, 0) is 18.7 Å². The zero-order chi connectivity index (χ0) is 10.3. The van der Waals surface area contributed by atoms with Crippen molar-refractivity contribution in [3.8, 4) is 0 Å². The Labute approximate surface area is 81.1 Å². The molecule has 0 unspecified atom stereocenters. The lowest BCUT2D eigenvalue weighted by atomic mass is 10.5. The average Bonchev–Trinajstić information content (AvgIpc) is 2.02. The summed E-state index contributed by atoms with van der Waals surface area (Å²) >= 11 is 1.17. The van der Waals surface area contributed by atoms with Crippen LogP contribution in [0, 0.1) is 0 Å². The molecule has 0 spiro atoms. The lowest BCUT2D eigenvalue weighted by molar-refractivity contribution is -0.138. The van der Waals surface area contributed by atoms with E-state index in [9.17, 15) is 9.59 Å². The van der Waals surface area contributed by atoms with Gasteiger partial charge in [0.1, 0.15) is 0 Å². The first kappa shape index (κ1) is 12.2. The lowest BCUT2D eigenvalue weighted by Crippen LogP contribution is -2.37. The molecule has 0 radical (unpaired) electrons. The summed E-state index contributed by atoms with van der Waals surface area (Å²) in [6.45, 7) is 1.82. The fraction of sp³-hybridized carbons (Fsp3) is 0.714. The summed E-state index contributed by atoms with van der Waals surface area (Å²) in [5, 5.41) is 10.1. The largest absolute Gasteiger partial charge is 0.479 e. The van der Waals surface area contributed by atoms with Crippen LogP contribution in [0.25, 0.3) is 0 Å². The van der Waals surface area contributed by atoms with Crippen molar-refractivity contribution in [3.05, 3.63) is 0 Å². The minimum atomic E-state index is -1.03. The third-order valence-corrected chi connectivity index (χ3v) is 2.37. The van der Waals surface area contributed by atoms with Crippen molar-refractivity contribution in [2.24, 2.45) is 5.73 Å². The van der Waals surface area contributed by atoms with E-state index in [1.165, 1.54) is 18.7 Å². The van der Waals surface area contributed by atoms with E-state index in [4.69, 9.17) is 10.8 Å². The van der Waals surface area contributed by atoms with Crippen molar-refractivity contribution in [2.45, 2.75) is 18.7 Å². The summed E-state index contributed by atoms with van der Waals surface area (Å²) in [5.74, 6) is -0.738. The SMILES string of the molecule is CC(=O)N[C@@H](SCCCN)C(=O)O. The van der Waals surface area contributed by atoms with Crippen LogP contribution < -0.4 is 11.1 Å². The Hall–Kier alpha value is -0.750. The number of carbonyl (C=O) groups excluding carboxylic acids is 1. The van der Waals surface area contributed by atoms with Gasteiger partial charge in [0.25, 0.3) is 0 Å². The van der Waals surface area contributed by atoms with Crippen LogP contribution in [0.15, 0.2) is 0 Å². The Morgan fingerprint density at radius 3 is 2.62 bits per heavy atom. The monoisotopic (exact) mass is 206 g/mol. The van der Waals surface area contributed by atoms with Crippen molar-refractivity contribution >= 4 is 23.6 Å². The van der Waals surface area contributed by atoms with Crippen LogP contribution in [0.3, 0.4) is 0 Å². The smallest absolute Gasteiger partial charge is 0.336 e. The molecule has 0 aromatic rings. The number of carboxylic acid groups (broad SMARTS) is 1. The van der Waals surface area contributed by atoms with Crippen LogP contribution in [0.4, 0.5) is 0 Å². The predicted octanol–water partition coefficient (Wildman–Crippen LogP) is -0.385. The van der Waals surface area contributed by atoms with Gasteiger partial charge < -0.3 is 16.2 Å². The molecule has 0 fully saturated rings. The highest BCUT2D eigenvalue weighted by Crippen LogP contribution is 2.09. The van der Waals surface area contributed by atoms with Gasteiger partial charge in [0.2, 0.25) is 5.91 Å². The van der Waals surface area contributed by atoms with E-state index in [-0.39, 0.29) is 5.91 Å². The third-order valence-electron chi connectivity index (χ3n) is 1.19. The predicted molar refractivity (Wildman–Crippen MR) is 51.4 cm³/mol. The number of hydrogen-bond acceptors (Lipinski definition) is 4. The Morgan fingerprint density at radius 1 is 1.62 bits per heavy atom. The van der Waals surface area contributed by atoms with Crippen molar-refractivity contribution in [3.63, 3.8) is 0 Å². The maximum atomic E-state index is 10.6. The molecule has 0 aliphatic rings. The summed E-state index contributed by atoms with van der Waals surface area (Å²) in [6.07, 6.45) is 0.744. The van der Waals surface area contributed by atoms with E-state index in [0.29, 0.717) is 12.3 Å². The lowest BCUT2D eigenvalue weighted by Gasteiger charge is -2.11. The fourth-order valence-electron chi connectivity index (χ4n) is 0.644. The van der Waals surface area contributed by atoms with E-state index in [2.05, 4.69) is 5.32 Å². The molecule has 1 atom stereocenters. The van der Waals surface area contributed by atoms with Gasteiger partial charge in [-0.2, -0.15) is 0 Å². The quantitative estimate of drug-likeness (QED) is 0.407. The molecule has 1 amide bonds. The Balaban J connectivity index is 3.81. The molecular formula is C7H14N2O3S. The van der Waals surface area contributed by atoms with Crippen molar-refractivity contribution in [2.75, 3.05) is 12.3 Å². The van der Waals surface area contributed by atoms with E-state index < -0.39 is 11.3 Å².